The molecule has 0 fully saturated rings. The first-order chi connectivity index (χ1) is 6.11. The van der Waals surface area contributed by atoms with Gasteiger partial charge in [-0.15, -0.1) is 0 Å². The van der Waals surface area contributed by atoms with Crippen LogP contribution in [-0.2, 0) is 4.79 Å². The average Bonchev–Trinajstić information content (AvgIpc) is 2.50. The van der Waals surface area contributed by atoms with E-state index in [1.54, 1.807) is 0 Å². The Hall–Kier alpha value is -0.970. The van der Waals surface area contributed by atoms with E-state index >= 15 is 0 Å². The molecule has 1 rings (SSSR count). The molecule has 0 radical (unpaired) electrons. The van der Waals surface area contributed by atoms with Gasteiger partial charge in [0.05, 0.1) is 0 Å². The van der Waals surface area contributed by atoms with Crippen molar-refractivity contribution in [2.24, 2.45) is 5.92 Å². The SMILES string of the molecule is CC(C)CC(C(=O)O)c1ncns1. The monoisotopic (exact) mass is 200 g/mol. The molecule has 0 saturated carbocycles. The van der Waals surface area contributed by atoms with Gasteiger partial charge in [-0.25, -0.2) is 4.98 Å². The van der Waals surface area contributed by atoms with Crippen LogP contribution in [0.15, 0.2) is 6.33 Å². The van der Waals surface area contributed by atoms with Gasteiger partial charge in [-0.3, -0.25) is 4.79 Å². The highest BCUT2D eigenvalue weighted by Gasteiger charge is 2.23. The third kappa shape index (κ3) is 2.77. The fraction of sp³-hybridized carbons (Fsp3) is 0.625. The quantitative estimate of drug-likeness (QED) is 0.804. The van der Waals surface area contributed by atoms with Crippen molar-refractivity contribution in [1.29, 1.82) is 0 Å². The summed E-state index contributed by atoms with van der Waals surface area (Å²) in [5.41, 5.74) is 0. The summed E-state index contributed by atoms with van der Waals surface area (Å²) in [5.74, 6) is -0.956. The number of aliphatic carboxylic acids is 1. The lowest BCUT2D eigenvalue weighted by molar-refractivity contribution is -0.139. The first-order valence-corrected chi connectivity index (χ1v) is 4.88. The molecule has 0 aromatic carbocycles. The number of aromatic nitrogens is 2. The van der Waals surface area contributed by atoms with Gasteiger partial charge in [0, 0.05) is 0 Å². The lowest BCUT2D eigenvalue weighted by Crippen LogP contribution is -2.13. The fourth-order valence-corrected chi connectivity index (χ4v) is 1.73. The second-order valence-electron chi connectivity index (χ2n) is 3.30. The summed E-state index contributed by atoms with van der Waals surface area (Å²) in [7, 11) is 0. The van der Waals surface area contributed by atoms with E-state index in [2.05, 4.69) is 9.36 Å². The molecule has 13 heavy (non-hydrogen) atoms. The largest absolute Gasteiger partial charge is 0.481 e. The Labute approximate surface area is 80.8 Å². The van der Waals surface area contributed by atoms with Crippen LogP contribution in [0.1, 0.15) is 31.2 Å². The number of rotatable bonds is 4. The molecule has 1 aromatic rings. The van der Waals surface area contributed by atoms with Crippen molar-refractivity contribution in [3.05, 3.63) is 11.3 Å². The molecule has 1 aromatic heterocycles. The number of nitrogens with zero attached hydrogens (tertiary/aromatic N) is 2. The molecule has 1 atom stereocenters. The van der Waals surface area contributed by atoms with Crippen LogP contribution in [-0.4, -0.2) is 20.4 Å². The fourth-order valence-electron chi connectivity index (χ4n) is 1.11. The maximum Gasteiger partial charge on any atom is 0.313 e. The van der Waals surface area contributed by atoms with Crippen LogP contribution in [0.4, 0.5) is 0 Å². The topological polar surface area (TPSA) is 63.1 Å². The highest BCUT2D eigenvalue weighted by atomic mass is 32.1. The van der Waals surface area contributed by atoms with Crippen LogP contribution in [0.2, 0.25) is 0 Å². The summed E-state index contributed by atoms with van der Waals surface area (Å²) in [6.07, 6.45) is 2.01. The lowest BCUT2D eigenvalue weighted by Gasteiger charge is -2.10. The molecule has 0 aliphatic rings. The summed E-state index contributed by atoms with van der Waals surface area (Å²) in [5, 5.41) is 9.53. The summed E-state index contributed by atoms with van der Waals surface area (Å²) in [6, 6.07) is 0. The van der Waals surface area contributed by atoms with Gasteiger partial charge in [0.15, 0.2) is 0 Å². The molecule has 0 aliphatic carbocycles. The molecule has 0 saturated heterocycles. The molecule has 1 unspecified atom stereocenters. The molecule has 1 heterocycles. The van der Waals surface area contributed by atoms with Crippen molar-refractivity contribution in [2.45, 2.75) is 26.2 Å². The number of hydrogen-bond donors (Lipinski definition) is 1. The molecule has 0 aliphatic heterocycles. The lowest BCUT2D eigenvalue weighted by atomic mass is 9.98. The first-order valence-electron chi connectivity index (χ1n) is 4.10. The highest BCUT2D eigenvalue weighted by Crippen LogP contribution is 2.24. The van der Waals surface area contributed by atoms with Gasteiger partial charge >= 0.3 is 5.97 Å². The van der Waals surface area contributed by atoms with Crippen LogP contribution in [0.5, 0.6) is 0 Å². The van der Waals surface area contributed by atoms with E-state index in [0.29, 0.717) is 17.3 Å². The van der Waals surface area contributed by atoms with Crippen LogP contribution in [0, 0.1) is 5.92 Å². The minimum Gasteiger partial charge on any atom is -0.481 e. The zero-order valence-electron chi connectivity index (χ0n) is 7.60. The summed E-state index contributed by atoms with van der Waals surface area (Å²) < 4.78 is 3.80. The van der Waals surface area contributed by atoms with Gasteiger partial charge in [-0.2, -0.15) is 4.37 Å². The van der Waals surface area contributed by atoms with Crippen molar-refractivity contribution >= 4 is 17.5 Å². The Morgan fingerprint density at radius 3 is 2.77 bits per heavy atom. The zero-order chi connectivity index (χ0) is 9.84. The second-order valence-corrected chi connectivity index (χ2v) is 4.11. The normalized spacial score (nSPS) is 13.2. The van der Waals surface area contributed by atoms with E-state index in [1.807, 2.05) is 13.8 Å². The van der Waals surface area contributed by atoms with Crippen LogP contribution in [0.25, 0.3) is 0 Å². The van der Waals surface area contributed by atoms with Gasteiger partial charge in [-0.05, 0) is 23.9 Å². The van der Waals surface area contributed by atoms with Gasteiger partial charge < -0.3 is 5.11 Å². The molecular weight excluding hydrogens is 188 g/mol. The highest BCUT2D eigenvalue weighted by molar-refractivity contribution is 7.05. The Morgan fingerprint density at radius 1 is 1.69 bits per heavy atom. The van der Waals surface area contributed by atoms with Crippen molar-refractivity contribution in [3.8, 4) is 0 Å². The van der Waals surface area contributed by atoms with Crippen molar-refractivity contribution < 1.29 is 9.90 Å². The summed E-state index contributed by atoms with van der Waals surface area (Å²) >= 11 is 1.16. The Morgan fingerprint density at radius 2 is 2.38 bits per heavy atom. The Bertz CT molecular complexity index is 272. The van der Waals surface area contributed by atoms with E-state index in [0.717, 1.165) is 11.5 Å². The molecule has 4 nitrogen and oxygen atoms in total. The molecule has 72 valence electrons. The predicted molar refractivity (Wildman–Crippen MR) is 49.7 cm³/mol. The van der Waals surface area contributed by atoms with Crippen LogP contribution in [0.3, 0.4) is 0 Å². The zero-order valence-corrected chi connectivity index (χ0v) is 8.41. The van der Waals surface area contributed by atoms with Gasteiger partial charge in [0.25, 0.3) is 0 Å². The van der Waals surface area contributed by atoms with Gasteiger partial charge in [-0.1, -0.05) is 13.8 Å². The maximum atomic E-state index is 10.9. The summed E-state index contributed by atoms with van der Waals surface area (Å²) in [4.78, 5) is 14.8. The van der Waals surface area contributed by atoms with Gasteiger partial charge in [0.1, 0.15) is 17.3 Å². The Balaban J connectivity index is 2.75. The minimum absolute atomic E-state index is 0.352. The van der Waals surface area contributed by atoms with Crippen molar-refractivity contribution in [3.63, 3.8) is 0 Å². The first kappa shape index (κ1) is 10.1. The molecular formula is C8H12N2O2S. The third-order valence-corrected chi connectivity index (χ3v) is 2.46. The molecule has 0 spiro atoms. The maximum absolute atomic E-state index is 10.9. The predicted octanol–water partition coefficient (Wildman–Crippen LogP) is 1.75. The van der Waals surface area contributed by atoms with Crippen molar-refractivity contribution in [2.75, 3.05) is 0 Å². The molecule has 0 bridgehead atoms. The Kier molecular flexibility index (Phi) is 3.36. The molecule has 5 heteroatoms. The van der Waals surface area contributed by atoms with Gasteiger partial charge in [0.2, 0.25) is 0 Å². The van der Waals surface area contributed by atoms with E-state index in [9.17, 15) is 4.79 Å². The summed E-state index contributed by atoms with van der Waals surface area (Å²) in [6.45, 7) is 3.99. The van der Waals surface area contributed by atoms with E-state index in [4.69, 9.17) is 5.11 Å². The van der Waals surface area contributed by atoms with E-state index in [1.165, 1.54) is 6.33 Å². The number of carbonyl (C=O) groups is 1. The minimum atomic E-state index is -0.814. The van der Waals surface area contributed by atoms with Crippen LogP contribution < -0.4 is 0 Å². The van der Waals surface area contributed by atoms with E-state index < -0.39 is 11.9 Å². The standard InChI is InChI=1S/C8H12N2O2S/c1-5(2)3-6(8(11)12)7-9-4-10-13-7/h4-6H,3H2,1-2H3,(H,11,12). The van der Waals surface area contributed by atoms with E-state index in [-0.39, 0.29) is 0 Å². The average molecular weight is 200 g/mol. The number of hydrogen-bond acceptors (Lipinski definition) is 4. The van der Waals surface area contributed by atoms with Crippen LogP contribution >= 0.6 is 11.5 Å². The second kappa shape index (κ2) is 4.32. The number of carboxylic acids is 1. The smallest absolute Gasteiger partial charge is 0.313 e. The third-order valence-electron chi connectivity index (χ3n) is 1.68. The molecule has 0 amide bonds. The van der Waals surface area contributed by atoms with Crippen molar-refractivity contribution in [1.82, 2.24) is 9.36 Å². The number of carboxylic acid groups (broad SMARTS) is 1. The molecule has 1 N–H and O–H groups in total.